The maximum Gasteiger partial charge on any atom is 0.161 e. The number of hydrogen-bond acceptors (Lipinski definition) is 5. The Labute approximate surface area is 139 Å². The monoisotopic (exact) mass is 341 g/mol. The first-order valence-electron chi connectivity index (χ1n) is 7.07. The van der Waals surface area contributed by atoms with Crippen LogP contribution in [0.15, 0.2) is 30.3 Å². The average molecular weight is 342 g/mol. The lowest BCUT2D eigenvalue weighted by Crippen LogP contribution is -2.20. The minimum absolute atomic E-state index is 0.465. The third-order valence-electron chi connectivity index (χ3n) is 3.12. The molecule has 0 aliphatic carbocycles. The van der Waals surface area contributed by atoms with E-state index in [9.17, 15) is 5.11 Å². The lowest BCUT2D eigenvalue weighted by atomic mass is 10.2. The smallest absolute Gasteiger partial charge is 0.161 e. The average Bonchev–Trinajstić information content (AvgIpc) is 2.95. The van der Waals surface area contributed by atoms with Gasteiger partial charge < -0.3 is 19.9 Å². The second-order valence-corrected chi connectivity index (χ2v) is 6.45. The number of ether oxygens (including phenoxy) is 2. The van der Waals surface area contributed by atoms with Crippen LogP contribution >= 0.6 is 22.9 Å². The van der Waals surface area contributed by atoms with Gasteiger partial charge in [0.1, 0.15) is 6.10 Å². The minimum atomic E-state index is -0.554. The summed E-state index contributed by atoms with van der Waals surface area (Å²) in [6, 6.07) is 9.46. The molecule has 1 aromatic carbocycles. The topological polar surface area (TPSA) is 50.7 Å². The van der Waals surface area contributed by atoms with Crippen LogP contribution < -0.4 is 14.8 Å². The SMILES string of the molecule is CCOc1ccc(CNCC(O)c2ccc(Cl)s2)cc1OC. The number of hydrogen-bond donors (Lipinski definition) is 2. The van der Waals surface area contributed by atoms with E-state index >= 15 is 0 Å². The summed E-state index contributed by atoms with van der Waals surface area (Å²) in [5, 5.41) is 13.3. The molecule has 0 bridgehead atoms. The van der Waals surface area contributed by atoms with Crippen molar-refractivity contribution in [2.75, 3.05) is 20.3 Å². The summed E-state index contributed by atoms with van der Waals surface area (Å²) in [5.74, 6) is 1.45. The van der Waals surface area contributed by atoms with Crippen molar-refractivity contribution in [3.63, 3.8) is 0 Å². The number of methoxy groups -OCH3 is 1. The molecule has 2 rings (SSSR count). The summed E-state index contributed by atoms with van der Waals surface area (Å²) in [7, 11) is 1.62. The molecule has 2 aromatic rings. The molecule has 0 saturated carbocycles. The van der Waals surface area contributed by atoms with Gasteiger partial charge in [0, 0.05) is 18.0 Å². The van der Waals surface area contributed by atoms with Gasteiger partial charge >= 0.3 is 0 Å². The molecule has 0 fully saturated rings. The first-order valence-corrected chi connectivity index (χ1v) is 8.27. The van der Waals surface area contributed by atoms with Crippen LogP contribution in [0.25, 0.3) is 0 Å². The normalized spacial score (nSPS) is 12.2. The molecule has 1 unspecified atom stereocenters. The van der Waals surface area contributed by atoms with Crippen LogP contribution in [0.3, 0.4) is 0 Å². The number of nitrogens with one attached hydrogen (secondary N) is 1. The first-order chi connectivity index (χ1) is 10.6. The van der Waals surface area contributed by atoms with E-state index < -0.39 is 6.10 Å². The van der Waals surface area contributed by atoms with Gasteiger partial charge in [0.2, 0.25) is 0 Å². The summed E-state index contributed by atoms with van der Waals surface area (Å²) in [6.07, 6.45) is -0.554. The second-order valence-electron chi connectivity index (χ2n) is 4.71. The van der Waals surface area contributed by atoms with Gasteiger partial charge in [-0.25, -0.2) is 0 Å². The van der Waals surface area contributed by atoms with E-state index in [0.717, 1.165) is 16.2 Å². The van der Waals surface area contributed by atoms with Crippen molar-refractivity contribution in [2.24, 2.45) is 0 Å². The molecule has 120 valence electrons. The Hall–Kier alpha value is -1.27. The molecule has 1 aromatic heterocycles. The Morgan fingerprint density at radius 1 is 1.27 bits per heavy atom. The van der Waals surface area contributed by atoms with Gasteiger partial charge in [-0.15, -0.1) is 11.3 Å². The second kappa shape index (κ2) is 8.39. The highest BCUT2D eigenvalue weighted by Crippen LogP contribution is 2.28. The Kier molecular flexibility index (Phi) is 6.51. The molecule has 0 amide bonds. The standard InChI is InChI=1S/C16H20ClNO3S/c1-3-21-13-5-4-11(8-14(13)20-2)9-18-10-12(19)15-6-7-16(17)22-15/h4-8,12,18-19H,3,9-10H2,1-2H3. The van der Waals surface area contributed by atoms with Crippen LogP contribution in [-0.4, -0.2) is 25.4 Å². The zero-order valence-electron chi connectivity index (χ0n) is 12.6. The van der Waals surface area contributed by atoms with E-state index in [1.54, 1.807) is 13.2 Å². The molecule has 0 aliphatic rings. The Morgan fingerprint density at radius 2 is 2.09 bits per heavy atom. The number of thiophene rings is 1. The number of benzene rings is 1. The van der Waals surface area contributed by atoms with Crippen LogP contribution in [0.5, 0.6) is 11.5 Å². The van der Waals surface area contributed by atoms with Crippen LogP contribution in [0.4, 0.5) is 0 Å². The molecule has 1 heterocycles. The fourth-order valence-electron chi connectivity index (χ4n) is 2.06. The Bertz CT molecular complexity index is 603. The van der Waals surface area contributed by atoms with Crippen molar-refractivity contribution in [1.82, 2.24) is 5.32 Å². The number of aliphatic hydroxyl groups is 1. The van der Waals surface area contributed by atoms with Crippen molar-refractivity contribution in [3.8, 4) is 11.5 Å². The van der Waals surface area contributed by atoms with Gasteiger partial charge in [-0.1, -0.05) is 17.7 Å². The highest BCUT2D eigenvalue weighted by atomic mass is 35.5. The van der Waals surface area contributed by atoms with Gasteiger partial charge in [0.15, 0.2) is 11.5 Å². The third-order valence-corrected chi connectivity index (χ3v) is 4.45. The quantitative estimate of drug-likeness (QED) is 0.769. The molecule has 2 N–H and O–H groups in total. The van der Waals surface area contributed by atoms with Gasteiger partial charge in [-0.3, -0.25) is 0 Å². The van der Waals surface area contributed by atoms with E-state index in [-0.39, 0.29) is 0 Å². The highest BCUT2D eigenvalue weighted by molar-refractivity contribution is 7.16. The van der Waals surface area contributed by atoms with E-state index in [2.05, 4.69) is 5.32 Å². The molecule has 4 nitrogen and oxygen atoms in total. The molecule has 0 saturated heterocycles. The number of rotatable bonds is 8. The van der Waals surface area contributed by atoms with Crippen molar-refractivity contribution < 1.29 is 14.6 Å². The summed E-state index contributed by atoms with van der Waals surface area (Å²) in [4.78, 5) is 0.863. The summed E-state index contributed by atoms with van der Waals surface area (Å²) < 4.78 is 11.5. The minimum Gasteiger partial charge on any atom is -0.493 e. The lowest BCUT2D eigenvalue weighted by molar-refractivity contribution is 0.178. The first kappa shape index (κ1) is 17.1. The number of halogens is 1. The van der Waals surface area contributed by atoms with E-state index in [1.807, 2.05) is 31.2 Å². The summed E-state index contributed by atoms with van der Waals surface area (Å²) in [5.41, 5.74) is 1.07. The van der Waals surface area contributed by atoms with Crippen molar-refractivity contribution in [1.29, 1.82) is 0 Å². The Morgan fingerprint density at radius 3 is 2.73 bits per heavy atom. The fraction of sp³-hybridized carbons (Fsp3) is 0.375. The Balaban J connectivity index is 1.88. The molecule has 0 aliphatic heterocycles. The van der Waals surface area contributed by atoms with Crippen molar-refractivity contribution >= 4 is 22.9 Å². The van der Waals surface area contributed by atoms with Crippen molar-refractivity contribution in [2.45, 2.75) is 19.6 Å². The van der Waals surface area contributed by atoms with Gasteiger partial charge in [-0.05, 0) is 36.8 Å². The predicted octanol–water partition coefficient (Wildman–Crippen LogP) is 3.63. The predicted molar refractivity (Wildman–Crippen MR) is 90.2 cm³/mol. The zero-order chi connectivity index (χ0) is 15.9. The highest BCUT2D eigenvalue weighted by Gasteiger charge is 2.10. The van der Waals surface area contributed by atoms with Crippen LogP contribution in [0.2, 0.25) is 4.34 Å². The molecule has 0 spiro atoms. The number of aliphatic hydroxyl groups excluding tert-OH is 1. The third kappa shape index (κ3) is 4.61. The molecular weight excluding hydrogens is 322 g/mol. The summed E-state index contributed by atoms with van der Waals surface area (Å²) in [6.45, 7) is 3.64. The molecule has 22 heavy (non-hydrogen) atoms. The van der Waals surface area contributed by atoms with Crippen LogP contribution in [0, 0.1) is 0 Å². The molecule has 6 heteroatoms. The maximum absolute atomic E-state index is 10.1. The fourth-order valence-corrected chi connectivity index (χ4v) is 3.10. The van der Waals surface area contributed by atoms with E-state index in [4.69, 9.17) is 21.1 Å². The summed E-state index contributed by atoms with van der Waals surface area (Å²) >= 11 is 7.26. The van der Waals surface area contributed by atoms with Crippen LogP contribution in [-0.2, 0) is 6.54 Å². The van der Waals surface area contributed by atoms with E-state index in [0.29, 0.717) is 29.8 Å². The van der Waals surface area contributed by atoms with Gasteiger partial charge in [-0.2, -0.15) is 0 Å². The molecule has 1 atom stereocenters. The largest absolute Gasteiger partial charge is 0.493 e. The van der Waals surface area contributed by atoms with E-state index in [1.165, 1.54) is 11.3 Å². The molecule has 0 radical (unpaired) electrons. The van der Waals surface area contributed by atoms with Crippen LogP contribution in [0.1, 0.15) is 23.5 Å². The van der Waals surface area contributed by atoms with Gasteiger partial charge in [0.25, 0.3) is 0 Å². The lowest BCUT2D eigenvalue weighted by Gasteiger charge is -2.13. The maximum atomic E-state index is 10.1. The zero-order valence-corrected chi connectivity index (χ0v) is 14.2. The molecular formula is C16H20ClNO3S. The van der Waals surface area contributed by atoms with Crippen molar-refractivity contribution in [3.05, 3.63) is 45.1 Å². The van der Waals surface area contributed by atoms with Gasteiger partial charge in [0.05, 0.1) is 18.1 Å².